The van der Waals surface area contributed by atoms with Gasteiger partial charge in [-0.3, -0.25) is 0 Å². The third-order valence-corrected chi connectivity index (χ3v) is 5.86. The second-order valence-corrected chi connectivity index (χ2v) is 8.54. The molecule has 0 amide bonds. The zero-order valence-electron chi connectivity index (χ0n) is 16.5. The van der Waals surface area contributed by atoms with Crippen molar-refractivity contribution >= 4 is 26.9 Å². The summed E-state index contributed by atoms with van der Waals surface area (Å²) in [5.74, 6) is 1.42. The van der Waals surface area contributed by atoms with Crippen molar-refractivity contribution in [1.29, 1.82) is 0 Å². The van der Waals surface area contributed by atoms with E-state index in [9.17, 15) is 8.42 Å². The van der Waals surface area contributed by atoms with Gasteiger partial charge in [0.1, 0.15) is 17.9 Å². The first-order chi connectivity index (χ1) is 12.9. The molecule has 2 heterocycles. The summed E-state index contributed by atoms with van der Waals surface area (Å²) < 4.78 is 34.0. The first-order valence-corrected chi connectivity index (χ1v) is 11.2. The smallest absolute Gasteiger partial charge is 0.211 e. The number of hydrogen-bond acceptors (Lipinski definition) is 6. The van der Waals surface area contributed by atoms with E-state index in [1.165, 1.54) is 0 Å². The number of aromatic nitrogens is 3. The summed E-state index contributed by atoms with van der Waals surface area (Å²) in [5, 5.41) is 0. The van der Waals surface area contributed by atoms with Gasteiger partial charge in [-0.25, -0.2) is 23.1 Å². The fraction of sp³-hybridized carbons (Fsp3) is 0.667. The molecule has 2 rings (SSSR count). The van der Waals surface area contributed by atoms with Gasteiger partial charge in [0.25, 0.3) is 0 Å². The van der Waals surface area contributed by atoms with Gasteiger partial charge in [0.05, 0.1) is 11.3 Å². The van der Waals surface area contributed by atoms with E-state index in [1.54, 1.807) is 6.20 Å². The second kappa shape index (κ2) is 10.0. The van der Waals surface area contributed by atoms with E-state index in [2.05, 4.69) is 19.3 Å². The van der Waals surface area contributed by atoms with Gasteiger partial charge in [-0.15, -0.1) is 0 Å². The first kappa shape index (κ1) is 21.6. The van der Waals surface area contributed by atoms with Crippen molar-refractivity contribution in [3.05, 3.63) is 17.6 Å². The van der Waals surface area contributed by atoms with E-state index in [1.807, 2.05) is 20.8 Å². The highest BCUT2D eigenvalue weighted by Crippen LogP contribution is 2.24. The average molecular weight is 398 g/mol. The minimum atomic E-state index is -3.16. The van der Waals surface area contributed by atoms with Crippen molar-refractivity contribution in [3.8, 4) is 0 Å². The van der Waals surface area contributed by atoms with Gasteiger partial charge in [-0.05, 0) is 38.7 Å². The molecule has 0 atom stereocenters. The Morgan fingerprint density at radius 2 is 2.04 bits per heavy atom. The van der Waals surface area contributed by atoms with Gasteiger partial charge in [0, 0.05) is 25.9 Å². The molecular weight excluding hydrogens is 366 g/mol. The van der Waals surface area contributed by atoms with Crippen LogP contribution in [0.2, 0.25) is 0 Å². The van der Waals surface area contributed by atoms with Crippen LogP contribution in [-0.4, -0.2) is 41.9 Å². The number of fused-ring (bicyclic) bond motifs is 1. The zero-order chi connectivity index (χ0) is 19.9. The number of hydrogen-bond donors (Lipinski definition) is 2. The summed E-state index contributed by atoms with van der Waals surface area (Å²) in [5.41, 5.74) is 8.68. The molecule has 3 N–H and O–H groups in total. The Morgan fingerprint density at radius 3 is 2.74 bits per heavy atom. The fourth-order valence-corrected chi connectivity index (χ4v) is 4.21. The number of rotatable bonds is 12. The Kier molecular flexibility index (Phi) is 8.00. The monoisotopic (exact) mass is 397 g/mol. The molecule has 0 fully saturated rings. The van der Waals surface area contributed by atoms with Gasteiger partial charge in [0.15, 0.2) is 5.82 Å². The van der Waals surface area contributed by atoms with E-state index in [0.29, 0.717) is 37.5 Å². The lowest BCUT2D eigenvalue weighted by molar-refractivity contribution is 0.126. The predicted octanol–water partition coefficient (Wildman–Crippen LogP) is 2.36. The molecule has 2 aromatic rings. The highest BCUT2D eigenvalue weighted by molar-refractivity contribution is 7.89. The SMILES string of the molecule is CCCCS(=O)(=O)NCCCCn1c(COCC)nc2c(N)ncc(C)c21. The van der Waals surface area contributed by atoms with E-state index < -0.39 is 10.0 Å². The fourth-order valence-electron chi connectivity index (χ4n) is 2.94. The predicted molar refractivity (Wildman–Crippen MR) is 108 cm³/mol. The number of ether oxygens (including phenoxy) is 1. The number of aryl methyl sites for hydroxylation is 2. The van der Waals surface area contributed by atoms with Crippen LogP contribution in [0.15, 0.2) is 6.20 Å². The lowest BCUT2D eigenvalue weighted by atomic mass is 10.2. The maximum absolute atomic E-state index is 11.8. The molecule has 27 heavy (non-hydrogen) atoms. The van der Waals surface area contributed by atoms with Crippen LogP contribution in [0.4, 0.5) is 5.82 Å². The van der Waals surface area contributed by atoms with Crippen molar-refractivity contribution in [1.82, 2.24) is 19.3 Å². The molecule has 0 bridgehead atoms. The van der Waals surface area contributed by atoms with Crippen LogP contribution in [0.25, 0.3) is 11.0 Å². The van der Waals surface area contributed by atoms with Crippen molar-refractivity contribution in [2.45, 2.75) is 59.6 Å². The molecule has 0 aliphatic carbocycles. The maximum atomic E-state index is 11.8. The Bertz CT molecular complexity index is 848. The number of anilines is 1. The average Bonchev–Trinajstić information content (AvgIpc) is 3.01. The molecule has 9 heteroatoms. The molecular formula is C18H31N5O3S. The molecule has 0 unspecified atom stereocenters. The minimum absolute atomic E-state index is 0.194. The number of nitrogens with zero attached hydrogens (tertiary/aromatic N) is 3. The topological polar surface area (TPSA) is 112 Å². The van der Waals surface area contributed by atoms with E-state index >= 15 is 0 Å². The summed E-state index contributed by atoms with van der Waals surface area (Å²) in [6, 6.07) is 0. The molecule has 0 aromatic carbocycles. The zero-order valence-corrected chi connectivity index (χ0v) is 17.3. The summed E-state index contributed by atoms with van der Waals surface area (Å²) in [7, 11) is -3.16. The Balaban J connectivity index is 2.03. The van der Waals surface area contributed by atoms with Gasteiger partial charge in [-0.2, -0.15) is 0 Å². The number of unbranched alkanes of at least 4 members (excludes halogenated alkanes) is 2. The molecule has 2 aromatic heterocycles. The Labute approximate surface area is 161 Å². The van der Waals surface area contributed by atoms with Gasteiger partial charge in [-0.1, -0.05) is 13.3 Å². The number of sulfonamides is 1. The van der Waals surface area contributed by atoms with Gasteiger partial charge < -0.3 is 15.0 Å². The number of pyridine rings is 1. The van der Waals surface area contributed by atoms with Crippen molar-refractivity contribution < 1.29 is 13.2 Å². The standard InChI is InChI=1S/C18H31N5O3S/c1-4-6-11-27(24,25)21-9-7-8-10-23-15(13-26-5-2)22-16-17(23)14(3)12-20-18(16)19/h12,21H,4-11,13H2,1-3H3,(H2,19,20). The van der Waals surface area contributed by atoms with Crippen molar-refractivity contribution in [2.75, 3.05) is 24.6 Å². The van der Waals surface area contributed by atoms with Crippen LogP contribution in [0.1, 0.15) is 50.9 Å². The normalized spacial score (nSPS) is 12.1. The number of nitrogen functional groups attached to an aromatic ring is 1. The van der Waals surface area contributed by atoms with Crippen LogP contribution >= 0.6 is 0 Å². The minimum Gasteiger partial charge on any atom is -0.382 e. The second-order valence-electron chi connectivity index (χ2n) is 6.61. The molecule has 8 nitrogen and oxygen atoms in total. The number of imidazole rings is 1. The maximum Gasteiger partial charge on any atom is 0.211 e. The van der Waals surface area contributed by atoms with Gasteiger partial charge in [0.2, 0.25) is 10.0 Å². The van der Waals surface area contributed by atoms with Crippen LogP contribution < -0.4 is 10.5 Å². The number of nitrogens with two attached hydrogens (primary N) is 1. The quantitative estimate of drug-likeness (QED) is 0.532. The summed E-state index contributed by atoms with van der Waals surface area (Å²) in [6.45, 7) is 8.10. The van der Waals surface area contributed by atoms with Crippen LogP contribution in [0, 0.1) is 6.92 Å². The highest BCUT2D eigenvalue weighted by atomic mass is 32.2. The Hall–Kier alpha value is -1.71. The summed E-state index contributed by atoms with van der Waals surface area (Å²) in [6.07, 6.45) is 4.88. The lowest BCUT2D eigenvalue weighted by Gasteiger charge is -2.11. The van der Waals surface area contributed by atoms with Crippen molar-refractivity contribution in [2.24, 2.45) is 0 Å². The molecule has 0 radical (unpaired) electrons. The third kappa shape index (κ3) is 5.88. The largest absolute Gasteiger partial charge is 0.382 e. The van der Waals surface area contributed by atoms with Crippen LogP contribution in [0.5, 0.6) is 0 Å². The lowest BCUT2D eigenvalue weighted by Crippen LogP contribution is -2.27. The van der Waals surface area contributed by atoms with E-state index in [-0.39, 0.29) is 5.75 Å². The van der Waals surface area contributed by atoms with Crippen LogP contribution in [-0.2, 0) is 27.9 Å². The Morgan fingerprint density at radius 1 is 1.26 bits per heavy atom. The van der Waals surface area contributed by atoms with Gasteiger partial charge >= 0.3 is 0 Å². The van der Waals surface area contributed by atoms with Crippen LogP contribution in [0.3, 0.4) is 0 Å². The van der Waals surface area contributed by atoms with Crippen molar-refractivity contribution in [3.63, 3.8) is 0 Å². The summed E-state index contributed by atoms with van der Waals surface area (Å²) in [4.78, 5) is 8.81. The van der Waals surface area contributed by atoms with E-state index in [4.69, 9.17) is 10.5 Å². The third-order valence-electron chi connectivity index (χ3n) is 4.39. The highest BCUT2D eigenvalue weighted by Gasteiger charge is 2.16. The molecule has 0 aliphatic heterocycles. The summed E-state index contributed by atoms with van der Waals surface area (Å²) >= 11 is 0. The molecule has 0 spiro atoms. The first-order valence-electron chi connectivity index (χ1n) is 9.54. The van der Waals surface area contributed by atoms with E-state index in [0.717, 1.165) is 42.7 Å². The molecule has 0 saturated carbocycles. The molecule has 152 valence electrons. The molecule has 0 aliphatic rings. The molecule has 0 saturated heterocycles. The number of nitrogens with one attached hydrogen (secondary N) is 1.